The number of Topliss-reactive ketones (excluding diaryl/α,β-unsaturated/α-hetero) is 2. The van der Waals surface area contributed by atoms with Crippen LogP contribution in [0.3, 0.4) is 0 Å². The zero-order chi connectivity index (χ0) is 24.2. The molecule has 9 nitrogen and oxygen atoms in total. The molecule has 33 heavy (non-hydrogen) atoms. The van der Waals surface area contributed by atoms with Crippen molar-refractivity contribution in [2.24, 2.45) is 17.6 Å². The van der Waals surface area contributed by atoms with Crippen molar-refractivity contribution >= 4 is 17.5 Å². The first-order valence-corrected chi connectivity index (χ1v) is 10.4. The van der Waals surface area contributed by atoms with Gasteiger partial charge in [0.15, 0.2) is 11.4 Å². The highest BCUT2D eigenvalue weighted by Gasteiger charge is 2.59. The molecule has 0 bridgehead atoms. The fourth-order valence-corrected chi connectivity index (χ4v) is 5.03. The van der Waals surface area contributed by atoms with Crippen LogP contribution < -0.4 is 5.73 Å². The van der Waals surface area contributed by atoms with Gasteiger partial charge in [-0.25, -0.2) is 0 Å². The van der Waals surface area contributed by atoms with E-state index in [-0.39, 0.29) is 36.1 Å². The van der Waals surface area contributed by atoms with Crippen LogP contribution in [-0.4, -0.2) is 69.0 Å². The van der Waals surface area contributed by atoms with Crippen LogP contribution in [0, 0.1) is 23.7 Å². The van der Waals surface area contributed by atoms with Gasteiger partial charge in [0.2, 0.25) is 5.78 Å². The molecule has 1 amide bonds. The Morgan fingerprint density at radius 1 is 1.21 bits per heavy atom. The Bertz CT molecular complexity index is 1230. The van der Waals surface area contributed by atoms with Crippen molar-refractivity contribution in [1.82, 2.24) is 4.90 Å². The monoisotopic (exact) mass is 452 g/mol. The predicted octanol–water partition coefficient (Wildman–Crippen LogP) is 0.494. The quantitative estimate of drug-likeness (QED) is 0.320. The Labute approximate surface area is 189 Å². The van der Waals surface area contributed by atoms with Crippen LogP contribution in [-0.2, 0) is 16.0 Å². The van der Waals surface area contributed by atoms with Crippen LogP contribution in [0.15, 0.2) is 34.8 Å². The molecule has 6 N–H and O–H groups in total. The van der Waals surface area contributed by atoms with Crippen molar-refractivity contribution in [2.45, 2.75) is 24.9 Å². The number of hydrogen-bond acceptors (Lipinski definition) is 8. The predicted molar refractivity (Wildman–Crippen MR) is 116 cm³/mol. The first-order valence-electron chi connectivity index (χ1n) is 10.4. The van der Waals surface area contributed by atoms with E-state index < -0.39 is 52.0 Å². The number of hydrogen-bond donors (Lipinski definition) is 5. The number of carbonyl (C=O) groups is 3. The van der Waals surface area contributed by atoms with Crippen molar-refractivity contribution in [3.8, 4) is 17.6 Å². The number of allylic oxidation sites excluding steroid dienone is 2. The summed E-state index contributed by atoms with van der Waals surface area (Å²) in [7, 11) is 3.74. The smallest absolute Gasteiger partial charge is 0.255 e. The van der Waals surface area contributed by atoms with Gasteiger partial charge in [-0.1, -0.05) is 11.8 Å². The van der Waals surface area contributed by atoms with Crippen molar-refractivity contribution in [2.75, 3.05) is 20.6 Å². The standard InChI is InChI=1S/C24H24N2O7/c1-26(2)7-3-4-11-5-6-15(27)18-14(11)9-12-8-13-10-16(28)19(23(25)32)22(31)24(13,33)21(30)17(12)20(18)29/h5-6,12-13,27-28,30,33H,7-10H2,1-2H3,(H2,25,32)/t12-,13+,24+/m1/s1. The van der Waals surface area contributed by atoms with Crippen LogP contribution in [0.2, 0.25) is 0 Å². The molecule has 3 aliphatic carbocycles. The normalized spacial score (nSPS) is 26.4. The Balaban J connectivity index is 1.85. The second-order valence-electron chi connectivity index (χ2n) is 8.94. The number of phenols is 1. The lowest BCUT2D eigenvalue weighted by Gasteiger charge is -2.45. The van der Waals surface area contributed by atoms with E-state index in [1.165, 1.54) is 6.07 Å². The molecule has 0 fully saturated rings. The van der Waals surface area contributed by atoms with E-state index in [2.05, 4.69) is 11.8 Å². The molecule has 0 aliphatic heterocycles. The van der Waals surface area contributed by atoms with Gasteiger partial charge in [0, 0.05) is 23.5 Å². The molecule has 9 heteroatoms. The number of phenolic OH excluding ortho intramolecular Hbond substituents is 1. The first kappa shape index (κ1) is 22.6. The zero-order valence-electron chi connectivity index (χ0n) is 18.2. The molecule has 1 aromatic rings. The molecule has 172 valence electrons. The largest absolute Gasteiger partial charge is 0.511 e. The second kappa shape index (κ2) is 7.76. The number of carbonyl (C=O) groups excluding carboxylic acids is 3. The number of nitrogens with zero attached hydrogens (tertiary/aromatic N) is 1. The van der Waals surface area contributed by atoms with Crippen molar-refractivity contribution < 1.29 is 34.8 Å². The lowest BCUT2D eigenvalue weighted by atomic mass is 9.60. The maximum atomic E-state index is 13.4. The molecule has 4 rings (SSSR count). The maximum absolute atomic E-state index is 13.4. The number of amides is 1. The lowest BCUT2D eigenvalue weighted by Crippen LogP contribution is -2.57. The summed E-state index contributed by atoms with van der Waals surface area (Å²) >= 11 is 0. The molecular weight excluding hydrogens is 428 g/mol. The van der Waals surface area contributed by atoms with Gasteiger partial charge in [0.25, 0.3) is 5.91 Å². The van der Waals surface area contributed by atoms with Crippen molar-refractivity contribution in [3.05, 3.63) is 51.5 Å². The molecule has 0 saturated carbocycles. The van der Waals surface area contributed by atoms with Gasteiger partial charge in [0.1, 0.15) is 22.8 Å². The van der Waals surface area contributed by atoms with Gasteiger partial charge >= 0.3 is 0 Å². The minimum atomic E-state index is -2.56. The number of aliphatic hydroxyl groups excluding tert-OH is 2. The third-order valence-electron chi connectivity index (χ3n) is 6.56. The minimum Gasteiger partial charge on any atom is -0.511 e. The minimum absolute atomic E-state index is 0.0386. The summed E-state index contributed by atoms with van der Waals surface area (Å²) in [5, 5.41) is 42.8. The Hall–Kier alpha value is -3.61. The van der Waals surface area contributed by atoms with Gasteiger partial charge < -0.3 is 26.2 Å². The number of nitrogens with two attached hydrogens (primary N) is 1. The highest BCUT2D eigenvalue weighted by Crippen LogP contribution is 2.51. The fourth-order valence-electron chi connectivity index (χ4n) is 5.03. The molecule has 1 aromatic carbocycles. The maximum Gasteiger partial charge on any atom is 0.255 e. The molecule has 3 atom stereocenters. The van der Waals surface area contributed by atoms with Gasteiger partial charge in [0.05, 0.1) is 12.1 Å². The molecule has 0 unspecified atom stereocenters. The average Bonchev–Trinajstić information content (AvgIpc) is 2.71. The number of benzene rings is 1. The molecule has 0 heterocycles. The van der Waals surface area contributed by atoms with E-state index in [1.807, 2.05) is 19.0 Å². The summed E-state index contributed by atoms with van der Waals surface area (Å²) < 4.78 is 0. The third kappa shape index (κ3) is 3.30. The van der Waals surface area contributed by atoms with E-state index in [0.29, 0.717) is 17.7 Å². The third-order valence-corrected chi connectivity index (χ3v) is 6.56. The number of aliphatic hydroxyl groups is 3. The van der Waals surface area contributed by atoms with E-state index in [1.54, 1.807) is 6.07 Å². The van der Waals surface area contributed by atoms with E-state index in [9.17, 15) is 34.8 Å². The van der Waals surface area contributed by atoms with E-state index in [4.69, 9.17) is 5.73 Å². The SMILES string of the molecule is CN(C)CC#Cc1ccc(O)c2c1C[C@H]1C[C@H]3CC(O)=C(C(N)=O)C(=O)[C@@]3(O)C(O)=C1C2=O. The summed E-state index contributed by atoms with van der Waals surface area (Å²) in [6.07, 6.45) is 0.0584. The summed E-state index contributed by atoms with van der Waals surface area (Å²) in [5.41, 5.74) is 2.71. The van der Waals surface area contributed by atoms with Crippen LogP contribution in [0.5, 0.6) is 5.75 Å². The summed E-state index contributed by atoms with van der Waals surface area (Å²) in [6.45, 7) is 0.490. The fraction of sp³-hybridized carbons (Fsp3) is 0.375. The zero-order valence-corrected chi connectivity index (χ0v) is 18.2. The molecule has 0 aromatic heterocycles. The topological polar surface area (TPSA) is 161 Å². The van der Waals surface area contributed by atoms with E-state index in [0.717, 1.165) is 0 Å². The summed E-state index contributed by atoms with van der Waals surface area (Å²) in [5.74, 6) is -0.421. The van der Waals surface area contributed by atoms with Gasteiger partial charge in [-0.2, -0.15) is 0 Å². The van der Waals surface area contributed by atoms with Gasteiger partial charge in [-0.05, 0) is 50.6 Å². The Morgan fingerprint density at radius 2 is 1.91 bits per heavy atom. The van der Waals surface area contributed by atoms with Crippen LogP contribution in [0.1, 0.15) is 34.3 Å². The highest BCUT2D eigenvalue weighted by atomic mass is 16.3. The first-order chi connectivity index (χ1) is 15.5. The van der Waals surface area contributed by atoms with Crippen molar-refractivity contribution in [1.29, 1.82) is 0 Å². The number of rotatable bonds is 2. The van der Waals surface area contributed by atoms with Gasteiger partial charge in [-0.15, -0.1) is 0 Å². The van der Waals surface area contributed by atoms with E-state index >= 15 is 0 Å². The van der Waals surface area contributed by atoms with Crippen LogP contribution >= 0.6 is 0 Å². The van der Waals surface area contributed by atoms with Crippen molar-refractivity contribution in [3.63, 3.8) is 0 Å². The number of aromatic hydroxyl groups is 1. The Morgan fingerprint density at radius 3 is 2.55 bits per heavy atom. The van der Waals surface area contributed by atoms with Gasteiger partial charge in [-0.3, -0.25) is 19.3 Å². The number of fused-ring (bicyclic) bond motifs is 3. The molecule has 0 spiro atoms. The average molecular weight is 452 g/mol. The second-order valence-corrected chi connectivity index (χ2v) is 8.94. The molecule has 3 aliphatic rings. The summed E-state index contributed by atoms with van der Waals surface area (Å²) in [4.78, 5) is 39.9. The molecule has 0 radical (unpaired) electrons. The highest BCUT2D eigenvalue weighted by molar-refractivity contribution is 6.24. The van der Waals surface area contributed by atoms with Crippen LogP contribution in [0.25, 0.3) is 0 Å². The number of primary amides is 1. The summed E-state index contributed by atoms with van der Waals surface area (Å²) in [6, 6.07) is 2.96. The Kier molecular flexibility index (Phi) is 5.31. The van der Waals surface area contributed by atoms with Crippen LogP contribution in [0.4, 0.5) is 0 Å². The lowest BCUT2D eigenvalue weighted by molar-refractivity contribution is -0.144. The molecular formula is C24H24N2O7. The molecule has 0 saturated heterocycles. The number of ketones is 2.